The van der Waals surface area contributed by atoms with Crippen LogP contribution in [-0.4, -0.2) is 19.2 Å². The molecule has 2 nitrogen and oxygen atoms in total. The highest BCUT2D eigenvalue weighted by molar-refractivity contribution is 5.39. The van der Waals surface area contributed by atoms with Gasteiger partial charge in [0.25, 0.3) is 0 Å². The average molecular weight is 261 g/mol. The van der Waals surface area contributed by atoms with Gasteiger partial charge < -0.3 is 10.1 Å². The van der Waals surface area contributed by atoms with Gasteiger partial charge in [0.1, 0.15) is 5.75 Å². The fourth-order valence-electron chi connectivity index (χ4n) is 3.28. The van der Waals surface area contributed by atoms with Crippen molar-refractivity contribution in [2.75, 3.05) is 13.2 Å². The zero-order valence-electron chi connectivity index (χ0n) is 12.6. The normalized spacial score (nSPS) is 21.0. The fourth-order valence-corrected chi connectivity index (χ4v) is 3.28. The van der Waals surface area contributed by atoms with Crippen LogP contribution in [0.2, 0.25) is 0 Å². The molecule has 2 rings (SSSR count). The topological polar surface area (TPSA) is 21.3 Å². The van der Waals surface area contributed by atoms with Gasteiger partial charge in [-0.05, 0) is 37.8 Å². The summed E-state index contributed by atoms with van der Waals surface area (Å²) in [7, 11) is 0. The van der Waals surface area contributed by atoms with Crippen LogP contribution < -0.4 is 10.1 Å². The van der Waals surface area contributed by atoms with Crippen LogP contribution in [0.4, 0.5) is 0 Å². The van der Waals surface area contributed by atoms with Crippen LogP contribution in [0.15, 0.2) is 24.3 Å². The van der Waals surface area contributed by atoms with Crippen molar-refractivity contribution < 1.29 is 4.74 Å². The summed E-state index contributed by atoms with van der Waals surface area (Å²) in [5, 5.41) is 3.58. The first-order chi connectivity index (χ1) is 9.13. The van der Waals surface area contributed by atoms with Gasteiger partial charge in [-0.2, -0.15) is 0 Å². The SMILES string of the molecule is CCNC(C)C(CC1COc2ccccc21)C(C)C. The summed E-state index contributed by atoms with van der Waals surface area (Å²) in [6, 6.07) is 9.06. The Balaban J connectivity index is 2.07. The highest BCUT2D eigenvalue weighted by Gasteiger charge is 2.30. The molecule has 0 amide bonds. The lowest BCUT2D eigenvalue weighted by Crippen LogP contribution is -2.37. The highest BCUT2D eigenvalue weighted by atomic mass is 16.5. The summed E-state index contributed by atoms with van der Waals surface area (Å²) < 4.78 is 5.81. The van der Waals surface area contributed by atoms with Crippen LogP contribution in [-0.2, 0) is 0 Å². The van der Waals surface area contributed by atoms with Gasteiger partial charge in [-0.3, -0.25) is 0 Å². The number of benzene rings is 1. The molecule has 0 saturated carbocycles. The van der Waals surface area contributed by atoms with Crippen molar-refractivity contribution in [3.63, 3.8) is 0 Å². The molecule has 1 aliphatic heterocycles. The summed E-state index contributed by atoms with van der Waals surface area (Å²) in [5.74, 6) is 3.04. The average Bonchev–Trinajstić information content (AvgIpc) is 2.79. The van der Waals surface area contributed by atoms with E-state index in [4.69, 9.17) is 4.74 Å². The molecule has 0 aliphatic carbocycles. The Morgan fingerprint density at radius 1 is 1.26 bits per heavy atom. The number of hydrogen-bond donors (Lipinski definition) is 1. The number of rotatable bonds is 6. The van der Waals surface area contributed by atoms with Crippen LogP contribution in [0.3, 0.4) is 0 Å². The van der Waals surface area contributed by atoms with E-state index in [2.05, 4.69) is 57.3 Å². The molecule has 1 heterocycles. The predicted octanol–water partition coefficient (Wildman–Crippen LogP) is 3.82. The van der Waals surface area contributed by atoms with Crippen molar-refractivity contribution >= 4 is 0 Å². The Morgan fingerprint density at radius 2 is 2.00 bits per heavy atom. The molecule has 3 atom stereocenters. The highest BCUT2D eigenvalue weighted by Crippen LogP contribution is 2.39. The molecule has 0 spiro atoms. The fraction of sp³-hybridized carbons (Fsp3) is 0.647. The molecule has 1 aromatic carbocycles. The van der Waals surface area contributed by atoms with E-state index in [0.717, 1.165) is 18.9 Å². The molecule has 1 N–H and O–H groups in total. The van der Waals surface area contributed by atoms with E-state index in [1.54, 1.807) is 0 Å². The van der Waals surface area contributed by atoms with Gasteiger partial charge in [-0.1, -0.05) is 39.0 Å². The van der Waals surface area contributed by atoms with Crippen molar-refractivity contribution in [2.45, 2.75) is 46.1 Å². The minimum absolute atomic E-state index is 0.560. The molecule has 1 aromatic rings. The summed E-state index contributed by atoms with van der Waals surface area (Å²) in [4.78, 5) is 0. The van der Waals surface area contributed by atoms with Crippen LogP contribution >= 0.6 is 0 Å². The molecular weight excluding hydrogens is 234 g/mol. The Morgan fingerprint density at radius 3 is 2.68 bits per heavy atom. The summed E-state index contributed by atoms with van der Waals surface area (Å²) in [5.41, 5.74) is 1.40. The number of hydrogen-bond acceptors (Lipinski definition) is 2. The summed E-state index contributed by atoms with van der Waals surface area (Å²) >= 11 is 0. The quantitative estimate of drug-likeness (QED) is 0.840. The standard InChI is InChI=1S/C17H27NO/c1-5-18-13(4)16(12(2)3)10-14-11-19-17-9-7-6-8-15(14)17/h6-9,12-14,16,18H,5,10-11H2,1-4H3. The first-order valence-electron chi connectivity index (χ1n) is 7.58. The van der Waals surface area contributed by atoms with Gasteiger partial charge >= 0.3 is 0 Å². The minimum Gasteiger partial charge on any atom is -0.493 e. The summed E-state index contributed by atoms with van der Waals surface area (Å²) in [6.45, 7) is 11.1. The molecule has 1 aliphatic rings. The first kappa shape index (κ1) is 14.4. The Bertz CT molecular complexity index is 402. The van der Waals surface area contributed by atoms with Crippen LogP contribution in [0.25, 0.3) is 0 Å². The van der Waals surface area contributed by atoms with E-state index in [9.17, 15) is 0 Å². The number of para-hydroxylation sites is 1. The summed E-state index contributed by atoms with van der Waals surface area (Å²) in [6.07, 6.45) is 1.21. The monoisotopic (exact) mass is 261 g/mol. The van der Waals surface area contributed by atoms with Crippen molar-refractivity contribution in [1.82, 2.24) is 5.32 Å². The van der Waals surface area contributed by atoms with E-state index in [-0.39, 0.29) is 0 Å². The molecule has 0 aromatic heterocycles. The van der Waals surface area contributed by atoms with Gasteiger partial charge in [0, 0.05) is 17.5 Å². The van der Waals surface area contributed by atoms with Gasteiger partial charge in [0.15, 0.2) is 0 Å². The van der Waals surface area contributed by atoms with Gasteiger partial charge in [0.05, 0.1) is 6.61 Å². The molecule has 2 heteroatoms. The lowest BCUT2D eigenvalue weighted by atomic mass is 9.80. The van der Waals surface area contributed by atoms with Gasteiger partial charge in [-0.15, -0.1) is 0 Å². The zero-order valence-corrected chi connectivity index (χ0v) is 12.6. The third-order valence-corrected chi connectivity index (χ3v) is 4.38. The number of fused-ring (bicyclic) bond motifs is 1. The largest absolute Gasteiger partial charge is 0.493 e. The maximum atomic E-state index is 5.81. The second kappa shape index (κ2) is 6.42. The van der Waals surface area contributed by atoms with E-state index >= 15 is 0 Å². The molecule has 19 heavy (non-hydrogen) atoms. The molecule has 3 unspecified atom stereocenters. The Labute approximate surface area is 117 Å². The second-order valence-corrected chi connectivity index (χ2v) is 6.04. The van der Waals surface area contributed by atoms with Crippen molar-refractivity contribution in [2.24, 2.45) is 11.8 Å². The number of nitrogens with one attached hydrogen (secondary N) is 1. The molecule has 0 radical (unpaired) electrons. The molecule has 0 bridgehead atoms. The first-order valence-corrected chi connectivity index (χ1v) is 7.58. The Hall–Kier alpha value is -1.02. The Kier molecular flexibility index (Phi) is 4.87. The van der Waals surface area contributed by atoms with E-state index in [1.165, 1.54) is 12.0 Å². The van der Waals surface area contributed by atoms with E-state index in [1.807, 2.05) is 0 Å². The molecule has 106 valence electrons. The van der Waals surface area contributed by atoms with Crippen molar-refractivity contribution in [1.29, 1.82) is 0 Å². The zero-order chi connectivity index (χ0) is 13.8. The van der Waals surface area contributed by atoms with Gasteiger partial charge in [0.2, 0.25) is 0 Å². The van der Waals surface area contributed by atoms with Gasteiger partial charge in [-0.25, -0.2) is 0 Å². The predicted molar refractivity (Wildman–Crippen MR) is 80.8 cm³/mol. The third-order valence-electron chi connectivity index (χ3n) is 4.38. The van der Waals surface area contributed by atoms with Crippen LogP contribution in [0.1, 0.15) is 45.6 Å². The van der Waals surface area contributed by atoms with Crippen molar-refractivity contribution in [3.8, 4) is 5.75 Å². The molecule has 0 saturated heterocycles. The van der Waals surface area contributed by atoms with E-state index < -0.39 is 0 Å². The van der Waals surface area contributed by atoms with Crippen LogP contribution in [0.5, 0.6) is 5.75 Å². The minimum atomic E-state index is 0.560. The lowest BCUT2D eigenvalue weighted by molar-refractivity contribution is 0.237. The lowest BCUT2D eigenvalue weighted by Gasteiger charge is -2.30. The molecular formula is C17H27NO. The van der Waals surface area contributed by atoms with Crippen molar-refractivity contribution in [3.05, 3.63) is 29.8 Å². The van der Waals surface area contributed by atoms with Crippen LogP contribution in [0, 0.1) is 11.8 Å². The molecule has 0 fully saturated rings. The second-order valence-electron chi connectivity index (χ2n) is 6.04. The maximum absolute atomic E-state index is 5.81. The van der Waals surface area contributed by atoms with E-state index in [0.29, 0.717) is 23.8 Å². The number of ether oxygens (including phenoxy) is 1. The third kappa shape index (κ3) is 3.30. The smallest absolute Gasteiger partial charge is 0.122 e. The maximum Gasteiger partial charge on any atom is 0.122 e.